The first-order valence-electron chi connectivity index (χ1n) is 7.79. The summed E-state index contributed by atoms with van der Waals surface area (Å²) in [5.41, 5.74) is 5.02. The van der Waals surface area contributed by atoms with Crippen LogP contribution in [0.5, 0.6) is 0 Å². The molecular weight excluding hydrogens is 353 g/mol. The number of hydrogen-bond donors (Lipinski definition) is 1. The van der Waals surface area contributed by atoms with E-state index in [0.717, 1.165) is 28.3 Å². The third-order valence-electron chi connectivity index (χ3n) is 4.26. The Morgan fingerprint density at radius 1 is 0.840 bits per heavy atom. The van der Waals surface area contributed by atoms with E-state index < -0.39 is 0 Å². The summed E-state index contributed by atoms with van der Waals surface area (Å²) in [4.78, 5) is 15.1. The van der Waals surface area contributed by atoms with Crippen LogP contribution in [0.4, 0.5) is 0 Å². The standard InChI is InChI=1S/C21H13Cl2NO/c22-15-7-8-19(23)17(11-15)21-18(12-25)16-10-14(6-9-20(16)24-21)13-4-2-1-3-5-13/h1-12,24H. The molecule has 1 aromatic heterocycles. The first-order valence-corrected chi connectivity index (χ1v) is 8.55. The smallest absolute Gasteiger partial charge is 0.152 e. The van der Waals surface area contributed by atoms with Crippen LogP contribution in [0.15, 0.2) is 66.7 Å². The molecule has 0 unspecified atom stereocenters. The van der Waals surface area contributed by atoms with E-state index in [1.54, 1.807) is 18.2 Å². The van der Waals surface area contributed by atoms with Crippen molar-refractivity contribution in [2.24, 2.45) is 0 Å². The minimum Gasteiger partial charge on any atom is -0.354 e. The molecule has 4 rings (SSSR count). The highest BCUT2D eigenvalue weighted by molar-refractivity contribution is 6.35. The van der Waals surface area contributed by atoms with Crippen molar-refractivity contribution < 1.29 is 4.79 Å². The molecule has 4 heteroatoms. The number of aromatic nitrogens is 1. The van der Waals surface area contributed by atoms with Crippen molar-refractivity contribution in [2.45, 2.75) is 0 Å². The molecular formula is C21H13Cl2NO. The zero-order chi connectivity index (χ0) is 17.4. The topological polar surface area (TPSA) is 32.9 Å². The molecule has 0 aliphatic carbocycles. The molecule has 0 aliphatic heterocycles. The fourth-order valence-electron chi connectivity index (χ4n) is 3.05. The molecule has 0 fully saturated rings. The molecule has 122 valence electrons. The van der Waals surface area contributed by atoms with Crippen LogP contribution in [0, 0.1) is 0 Å². The van der Waals surface area contributed by atoms with Crippen molar-refractivity contribution in [1.82, 2.24) is 4.98 Å². The van der Waals surface area contributed by atoms with Crippen LogP contribution in [0.1, 0.15) is 10.4 Å². The lowest BCUT2D eigenvalue weighted by molar-refractivity contribution is 0.112. The van der Waals surface area contributed by atoms with Gasteiger partial charge in [-0.3, -0.25) is 4.79 Å². The number of hydrogen-bond acceptors (Lipinski definition) is 1. The lowest BCUT2D eigenvalue weighted by Gasteiger charge is -2.04. The van der Waals surface area contributed by atoms with Gasteiger partial charge in [-0.1, -0.05) is 59.6 Å². The van der Waals surface area contributed by atoms with Crippen LogP contribution in [-0.4, -0.2) is 11.3 Å². The predicted octanol–water partition coefficient (Wildman–Crippen LogP) is 6.62. The van der Waals surface area contributed by atoms with Crippen LogP contribution in [0.2, 0.25) is 10.0 Å². The maximum absolute atomic E-state index is 11.8. The normalized spacial score (nSPS) is 11.0. The third-order valence-corrected chi connectivity index (χ3v) is 4.83. The molecule has 1 heterocycles. The zero-order valence-electron chi connectivity index (χ0n) is 13.1. The number of nitrogens with one attached hydrogen (secondary N) is 1. The molecule has 0 atom stereocenters. The van der Waals surface area contributed by atoms with Crippen LogP contribution in [-0.2, 0) is 0 Å². The van der Waals surface area contributed by atoms with Crippen molar-refractivity contribution in [3.8, 4) is 22.4 Å². The van der Waals surface area contributed by atoms with Gasteiger partial charge in [0.25, 0.3) is 0 Å². The van der Waals surface area contributed by atoms with Gasteiger partial charge < -0.3 is 4.98 Å². The number of aldehydes is 1. The maximum Gasteiger partial charge on any atom is 0.152 e. The molecule has 0 aliphatic rings. The Bertz CT molecular complexity index is 1080. The van der Waals surface area contributed by atoms with Crippen molar-refractivity contribution in [1.29, 1.82) is 0 Å². The third kappa shape index (κ3) is 2.84. The summed E-state index contributed by atoms with van der Waals surface area (Å²) in [5, 5.41) is 1.98. The second-order valence-corrected chi connectivity index (χ2v) is 6.63. The minimum atomic E-state index is 0.544. The molecule has 0 bridgehead atoms. The molecule has 0 saturated heterocycles. The average molecular weight is 366 g/mol. The first-order chi connectivity index (χ1) is 12.2. The van der Waals surface area contributed by atoms with Gasteiger partial charge in [-0.2, -0.15) is 0 Å². The van der Waals surface area contributed by atoms with E-state index in [1.165, 1.54) is 0 Å². The predicted molar refractivity (Wildman–Crippen MR) is 105 cm³/mol. The molecule has 0 spiro atoms. The Labute approximate surface area is 155 Å². The van der Waals surface area contributed by atoms with Gasteiger partial charge in [0.2, 0.25) is 0 Å². The highest BCUT2D eigenvalue weighted by Gasteiger charge is 2.16. The Hall–Kier alpha value is -2.55. The summed E-state index contributed by atoms with van der Waals surface area (Å²) in [6, 6.07) is 21.3. The fourth-order valence-corrected chi connectivity index (χ4v) is 3.43. The van der Waals surface area contributed by atoms with Crippen LogP contribution >= 0.6 is 23.2 Å². The highest BCUT2D eigenvalue weighted by atomic mass is 35.5. The Morgan fingerprint density at radius 2 is 1.64 bits per heavy atom. The molecule has 4 aromatic rings. The number of rotatable bonds is 3. The van der Waals surface area contributed by atoms with E-state index in [2.05, 4.69) is 4.98 Å². The van der Waals surface area contributed by atoms with Gasteiger partial charge >= 0.3 is 0 Å². The summed E-state index contributed by atoms with van der Waals surface area (Å²) < 4.78 is 0. The number of benzene rings is 3. The summed E-state index contributed by atoms with van der Waals surface area (Å²) in [6.07, 6.45) is 0.861. The van der Waals surface area contributed by atoms with Gasteiger partial charge in [0.15, 0.2) is 6.29 Å². The monoisotopic (exact) mass is 365 g/mol. The van der Waals surface area contributed by atoms with Gasteiger partial charge in [0.1, 0.15) is 0 Å². The van der Waals surface area contributed by atoms with Crippen molar-refractivity contribution in [3.05, 3.63) is 82.3 Å². The van der Waals surface area contributed by atoms with Crippen LogP contribution < -0.4 is 0 Å². The number of H-pyrrole nitrogens is 1. The molecule has 2 nitrogen and oxygen atoms in total. The quantitative estimate of drug-likeness (QED) is 0.406. The number of halogens is 2. The van der Waals surface area contributed by atoms with Crippen molar-refractivity contribution in [2.75, 3.05) is 0 Å². The summed E-state index contributed by atoms with van der Waals surface area (Å²) >= 11 is 12.4. The molecule has 0 radical (unpaired) electrons. The van der Waals surface area contributed by atoms with Crippen LogP contribution in [0.3, 0.4) is 0 Å². The zero-order valence-corrected chi connectivity index (χ0v) is 14.6. The van der Waals surface area contributed by atoms with E-state index >= 15 is 0 Å². The summed E-state index contributed by atoms with van der Waals surface area (Å²) in [7, 11) is 0. The minimum absolute atomic E-state index is 0.544. The lowest BCUT2D eigenvalue weighted by atomic mass is 10.0. The first kappa shape index (κ1) is 15.9. The largest absolute Gasteiger partial charge is 0.354 e. The molecule has 0 amide bonds. The Kier molecular flexibility index (Phi) is 4.08. The molecule has 25 heavy (non-hydrogen) atoms. The summed E-state index contributed by atoms with van der Waals surface area (Å²) in [6.45, 7) is 0. The second-order valence-electron chi connectivity index (χ2n) is 5.78. The number of fused-ring (bicyclic) bond motifs is 1. The molecule has 0 saturated carbocycles. The van der Waals surface area contributed by atoms with E-state index in [0.29, 0.717) is 26.9 Å². The average Bonchev–Trinajstić information content (AvgIpc) is 3.02. The van der Waals surface area contributed by atoms with E-state index in [1.807, 2.05) is 48.5 Å². The van der Waals surface area contributed by atoms with E-state index in [-0.39, 0.29) is 0 Å². The number of carbonyl (C=O) groups is 1. The van der Waals surface area contributed by atoms with Gasteiger partial charge in [-0.15, -0.1) is 0 Å². The Morgan fingerprint density at radius 3 is 2.40 bits per heavy atom. The van der Waals surface area contributed by atoms with E-state index in [9.17, 15) is 4.79 Å². The van der Waals surface area contributed by atoms with Gasteiger partial charge in [-0.25, -0.2) is 0 Å². The van der Waals surface area contributed by atoms with Crippen molar-refractivity contribution >= 4 is 40.4 Å². The number of aromatic amines is 1. The Balaban J connectivity index is 1.96. The maximum atomic E-state index is 11.8. The molecule has 3 aromatic carbocycles. The fraction of sp³-hybridized carbons (Fsp3) is 0. The van der Waals surface area contributed by atoms with Gasteiger partial charge in [0.05, 0.1) is 10.7 Å². The second kappa shape index (κ2) is 6.40. The van der Waals surface area contributed by atoms with Gasteiger partial charge in [0, 0.05) is 27.1 Å². The molecule has 1 N–H and O–H groups in total. The summed E-state index contributed by atoms with van der Waals surface area (Å²) in [5.74, 6) is 0. The number of carbonyl (C=O) groups excluding carboxylic acids is 1. The van der Waals surface area contributed by atoms with Crippen LogP contribution in [0.25, 0.3) is 33.3 Å². The van der Waals surface area contributed by atoms with Gasteiger partial charge in [-0.05, 0) is 41.5 Å². The SMILES string of the molecule is O=Cc1c(-c2cc(Cl)ccc2Cl)[nH]c2ccc(-c3ccccc3)cc12. The van der Waals surface area contributed by atoms with E-state index in [4.69, 9.17) is 23.2 Å². The highest BCUT2D eigenvalue weighted by Crippen LogP contribution is 2.36. The lowest BCUT2D eigenvalue weighted by Crippen LogP contribution is -1.86. The van der Waals surface area contributed by atoms with Crippen molar-refractivity contribution in [3.63, 3.8) is 0 Å².